The highest BCUT2D eigenvalue weighted by molar-refractivity contribution is 5.79. The van der Waals surface area contributed by atoms with E-state index in [-0.39, 0.29) is 24.2 Å². The lowest BCUT2D eigenvalue weighted by atomic mass is 10.1. The normalized spacial score (nSPS) is 19.8. The van der Waals surface area contributed by atoms with Gasteiger partial charge in [0, 0.05) is 25.2 Å². The zero-order chi connectivity index (χ0) is 14.4. The van der Waals surface area contributed by atoms with Crippen LogP contribution in [0.2, 0.25) is 0 Å². The largest absolute Gasteiger partial charge is 0.508 e. The molecule has 1 unspecified atom stereocenters. The van der Waals surface area contributed by atoms with E-state index in [4.69, 9.17) is 4.74 Å². The first-order valence-electron chi connectivity index (χ1n) is 7.06. The average molecular weight is 278 g/mol. The number of nitrogens with zero attached hydrogens (tertiary/aromatic N) is 1. The molecule has 0 spiro atoms. The molecule has 1 aromatic carbocycles. The Labute approximate surface area is 119 Å². The van der Waals surface area contributed by atoms with Gasteiger partial charge in [0.25, 0.3) is 0 Å². The van der Waals surface area contributed by atoms with Gasteiger partial charge in [-0.3, -0.25) is 9.69 Å². The number of ether oxygens (including phenoxy) is 1. The number of para-hydroxylation sites is 1. The lowest BCUT2D eigenvalue weighted by Crippen LogP contribution is -2.47. The van der Waals surface area contributed by atoms with E-state index in [1.165, 1.54) is 0 Å². The Morgan fingerprint density at radius 3 is 3.05 bits per heavy atom. The highest BCUT2D eigenvalue weighted by Gasteiger charge is 2.19. The molecule has 2 rings (SSSR count). The highest BCUT2D eigenvalue weighted by Crippen LogP contribution is 2.15. The Hall–Kier alpha value is -1.59. The van der Waals surface area contributed by atoms with Crippen molar-refractivity contribution in [3.63, 3.8) is 0 Å². The fourth-order valence-corrected chi connectivity index (χ4v) is 2.31. The molecule has 1 aliphatic heterocycles. The smallest absolute Gasteiger partial charge is 0.224 e. The van der Waals surface area contributed by atoms with Gasteiger partial charge in [0.05, 0.1) is 19.1 Å². The highest BCUT2D eigenvalue weighted by atomic mass is 16.5. The molecular weight excluding hydrogens is 256 g/mol. The van der Waals surface area contributed by atoms with Crippen LogP contribution in [0, 0.1) is 0 Å². The molecule has 1 aliphatic rings. The van der Waals surface area contributed by atoms with E-state index >= 15 is 0 Å². The molecule has 1 atom stereocenters. The summed E-state index contributed by atoms with van der Waals surface area (Å²) in [5.74, 6) is 0.0671. The number of likely N-dealkylation sites (N-methyl/N-ethyl adjacent to an activating group) is 1. The van der Waals surface area contributed by atoms with Crippen LogP contribution in [0.4, 0.5) is 0 Å². The molecule has 0 aromatic heterocycles. The van der Waals surface area contributed by atoms with Gasteiger partial charge in [0.1, 0.15) is 5.75 Å². The number of benzene rings is 1. The van der Waals surface area contributed by atoms with E-state index in [0.29, 0.717) is 18.7 Å². The maximum absolute atomic E-state index is 11.9. The summed E-state index contributed by atoms with van der Waals surface area (Å²) in [7, 11) is 0. The van der Waals surface area contributed by atoms with Crippen molar-refractivity contribution in [2.75, 3.05) is 32.8 Å². The Morgan fingerprint density at radius 2 is 2.30 bits per heavy atom. The Morgan fingerprint density at radius 1 is 1.50 bits per heavy atom. The van der Waals surface area contributed by atoms with Crippen molar-refractivity contribution in [2.24, 2.45) is 0 Å². The zero-order valence-electron chi connectivity index (χ0n) is 11.8. The van der Waals surface area contributed by atoms with Gasteiger partial charge in [-0.25, -0.2) is 0 Å². The summed E-state index contributed by atoms with van der Waals surface area (Å²) in [5, 5.41) is 12.5. The summed E-state index contributed by atoms with van der Waals surface area (Å²) in [4.78, 5) is 14.2. The summed E-state index contributed by atoms with van der Waals surface area (Å²) in [5.41, 5.74) is 0.643. The van der Waals surface area contributed by atoms with E-state index in [1.807, 2.05) is 6.07 Å². The van der Waals surface area contributed by atoms with Crippen molar-refractivity contribution in [3.8, 4) is 5.75 Å². The summed E-state index contributed by atoms with van der Waals surface area (Å²) in [6, 6.07) is 6.90. The van der Waals surface area contributed by atoms with Crippen LogP contribution < -0.4 is 5.32 Å². The number of carbonyl (C=O) groups is 1. The molecule has 1 saturated heterocycles. The molecule has 1 amide bonds. The molecule has 20 heavy (non-hydrogen) atoms. The van der Waals surface area contributed by atoms with Gasteiger partial charge in [-0.05, 0) is 12.6 Å². The van der Waals surface area contributed by atoms with Gasteiger partial charge in [0.2, 0.25) is 5.91 Å². The van der Waals surface area contributed by atoms with Crippen molar-refractivity contribution < 1.29 is 14.6 Å². The van der Waals surface area contributed by atoms with Crippen molar-refractivity contribution in [1.82, 2.24) is 10.2 Å². The number of hydrogen-bond acceptors (Lipinski definition) is 4. The molecule has 1 heterocycles. The van der Waals surface area contributed by atoms with E-state index in [1.54, 1.807) is 18.2 Å². The monoisotopic (exact) mass is 278 g/mol. The van der Waals surface area contributed by atoms with Crippen LogP contribution in [0.25, 0.3) is 0 Å². The fraction of sp³-hybridized carbons (Fsp3) is 0.533. The number of morpholine rings is 1. The molecule has 110 valence electrons. The minimum Gasteiger partial charge on any atom is -0.508 e. The molecule has 0 saturated carbocycles. The van der Waals surface area contributed by atoms with E-state index in [2.05, 4.69) is 17.1 Å². The minimum atomic E-state index is -0.0938. The van der Waals surface area contributed by atoms with Crippen LogP contribution in [0.15, 0.2) is 24.3 Å². The fourth-order valence-electron chi connectivity index (χ4n) is 2.31. The Bertz CT molecular complexity index is 450. The Balaban J connectivity index is 1.76. The van der Waals surface area contributed by atoms with Gasteiger partial charge in [0.15, 0.2) is 0 Å². The molecule has 0 bridgehead atoms. The predicted molar refractivity (Wildman–Crippen MR) is 76.7 cm³/mol. The number of phenolic OH excluding ortho intramolecular Hbond substituents is 1. The zero-order valence-corrected chi connectivity index (χ0v) is 11.8. The van der Waals surface area contributed by atoms with Gasteiger partial charge < -0.3 is 15.2 Å². The predicted octanol–water partition coefficient (Wildman–Crippen LogP) is 0.772. The molecule has 5 nitrogen and oxygen atoms in total. The van der Waals surface area contributed by atoms with Gasteiger partial charge in [-0.2, -0.15) is 0 Å². The third-order valence-electron chi connectivity index (χ3n) is 3.54. The average Bonchev–Trinajstić information content (AvgIpc) is 2.48. The van der Waals surface area contributed by atoms with Crippen molar-refractivity contribution in [2.45, 2.75) is 19.4 Å². The number of carbonyl (C=O) groups excluding carboxylic acids is 1. The van der Waals surface area contributed by atoms with Crippen molar-refractivity contribution in [3.05, 3.63) is 29.8 Å². The standard InChI is InChI=1S/C15H22N2O3/c1-2-17-7-8-20-13(11-17)10-16-15(19)9-12-5-3-4-6-14(12)18/h3-6,13,18H,2,7-11H2,1H3,(H,16,19). The number of amides is 1. The molecule has 0 aliphatic carbocycles. The van der Waals surface area contributed by atoms with Crippen LogP contribution in [0.1, 0.15) is 12.5 Å². The van der Waals surface area contributed by atoms with Gasteiger partial charge in [-0.1, -0.05) is 25.1 Å². The second-order valence-electron chi connectivity index (χ2n) is 5.00. The van der Waals surface area contributed by atoms with Crippen molar-refractivity contribution >= 4 is 5.91 Å². The number of phenols is 1. The third kappa shape index (κ3) is 4.21. The summed E-state index contributed by atoms with van der Waals surface area (Å²) < 4.78 is 5.63. The minimum absolute atomic E-state index is 0.0528. The van der Waals surface area contributed by atoms with Crippen LogP contribution in [0.5, 0.6) is 5.75 Å². The Kier molecular flexibility index (Phi) is 5.38. The first-order valence-corrected chi connectivity index (χ1v) is 7.06. The topological polar surface area (TPSA) is 61.8 Å². The summed E-state index contributed by atoms with van der Waals surface area (Å²) in [6.07, 6.45) is 0.244. The first kappa shape index (κ1) is 14.8. The van der Waals surface area contributed by atoms with Gasteiger partial charge >= 0.3 is 0 Å². The number of aromatic hydroxyl groups is 1. The van der Waals surface area contributed by atoms with E-state index in [9.17, 15) is 9.90 Å². The molecule has 0 radical (unpaired) electrons. The van der Waals surface area contributed by atoms with Crippen LogP contribution >= 0.6 is 0 Å². The maximum atomic E-state index is 11.9. The second kappa shape index (κ2) is 7.26. The molecule has 1 fully saturated rings. The quantitative estimate of drug-likeness (QED) is 0.835. The van der Waals surface area contributed by atoms with Gasteiger partial charge in [-0.15, -0.1) is 0 Å². The molecule has 1 aromatic rings. The molecule has 2 N–H and O–H groups in total. The maximum Gasteiger partial charge on any atom is 0.224 e. The van der Waals surface area contributed by atoms with Crippen LogP contribution in [-0.2, 0) is 16.0 Å². The van der Waals surface area contributed by atoms with Crippen LogP contribution in [-0.4, -0.2) is 54.8 Å². The second-order valence-corrected chi connectivity index (χ2v) is 5.00. The first-order chi connectivity index (χ1) is 9.69. The lowest BCUT2D eigenvalue weighted by molar-refractivity contribution is -0.121. The van der Waals surface area contributed by atoms with Crippen LogP contribution in [0.3, 0.4) is 0 Å². The van der Waals surface area contributed by atoms with Crippen molar-refractivity contribution in [1.29, 1.82) is 0 Å². The number of rotatable bonds is 5. The van der Waals surface area contributed by atoms with E-state index < -0.39 is 0 Å². The molecule has 5 heteroatoms. The third-order valence-corrected chi connectivity index (χ3v) is 3.54. The number of nitrogens with one attached hydrogen (secondary N) is 1. The molecular formula is C15H22N2O3. The summed E-state index contributed by atoms with van der Waals surface area (Å²) >= 11 is 0. The lowest BCUT2D eigenvalue weighted by Gasteiger charge is -2.32. The number of hydrogen-bond donors (Lipinski definition) is 2. The van der Waals surface area contributed by atoms with E-state index in [0.717, 1.165) is 19.6 Å². The summed E-state index contributed by atoms with van der Waals surface area (Å²) in [6.45, 7) is 6.17. The SMILES string of the molecule is CCN1CCOC(CNC(=O)Cc2ccccc2O)C1.